The summed E-state index contributed by atoms with van der Waals surface area (Å²) in [7, 11) is 0.403. The van der Waals surface area contributed by atoms with Crippen LogP contribution in [0.25, 0.3) is 0 Å². The van der Waals surface area contributed by atoms with Crippen LogP contribution in [0, 0.1) is 0 Å². The van der Waals surface area contributed by atoms with Crippen LogP contribution in [0.1, 0.15) is 12.5 Å². The molecule has 0 aromatic heterocycles. The summed E-state index contributed by atoms with van der Waals surface area (Å²) in [5.74, 6) is 0. The zero-order valence-corrected chi connectivity index (χ0v) is 17.1. The van der Waals surface area contributed by atoms with Gasteiger partial charge in [-0.2, -0.15) is 0 Å². The van der Waals surface area contributed by atoms with E-state index in [0.717, 1.165) is 29.0 Å². The fourth-order valence-corrected chi connectivity index (χ4v) is 3.81. The SMILES string of the molecule is CCc1ccc(S(=O)(=O)Nc2ccc(Nc3ccc(N(C)C)cc3)cc2)cc1. The van der Waals surface area contributed by atoms with Crippen LogP contribution in [0.4, 0.5) is 22.7 Å². The first kappa shape index (κ1) is 19.8. The van der Waals surface area contributed by atoms with Crippen LogP contribution in [-0.2, 0) is 16.4 Å². The predicted octanol–water partition coefficient (Wildman–Crippen LogP) is 4.86. The first-order valence-corrected chi connectivity index (χ1v) is 10.6. The standard InChI is InChI=1S/C22H25N3O2S/c1-4-17-5-15-22(16-6-17)28(26,27)24-20-9-7-18(8-10-20)23-19-11-13-21(14-12-19)25(2)3/h5-16,23-24H,4H2,1-3H3. The van der Waals surface area contributed by atoms with Crippen LogP contribution in [0.5, 0.6) is 0 Å². The van der Waals surface area contributed by atoms with Crippen molar-refractivity contribution in [3.63, 3.8) is 0 Å². The van der Waals surface area contributed by atoms with Crippen molar-refractivity contribution in [2.24, 2.45) is 0 Å². The Morgan fingerprint density at radius 2 is 1.25 bits per heavy atom. The molecule has 0 radical (unpaired) electrons. The molecule has 3 aromatic rings. The lowest BCUT2D eigenvalue weighted by atomic mass is 10.2. The van der Waals surface area contributed by atoms with Crippen molar-refractivity contribution < 1.29 is 8.42 Å². The van der Waals surface area contributed by atoms with Crippen molar-refractivity contribution in [2.75, 3.05) is 29.0 Å². The number of aryl methyl sites for hydroxylation is 1. The number of hydrogen-bond donors (Lipinski definition) is 2. The van der Waals surface area contributed by atoms with Crippen molar-refractivity contribution in [1.29, 1.82) is 0 Å². The van der Waals surface area contributed by atoms with Gasteiger partial charge in [0.15, 0.2) is 0 Å². The largest absolute Gasteiger partial charge is 0.378 e. The molecular weight excluding hydrogens is 370 g/mol. The summed E-state index contributed by atoms with van der Waals surface area (Å²) in [5, 5.41) is 3.31. The number of nitrogens with zero attached hydrogens (tertiary/aromatic N) is 1. The van der Waals surface area contributed by atoms with E-state index in [4.69, 9.17) is 0 Å². The Morgan fingerprint density at radius 1 is 0.750 bits per heavy atom. The lowest BCUT2D eigenvalue weighted by molar-refractivity contribution is 0.601. The number of anilines is 4. The van der Waals surface area contributed by atoms with E-state index >= 15 is 0 Å². The van der Waals surface area contributed by atoms with Gasteiger partial charge in [0.2, 0.25) is 0 Å². The maximum absolute atomic E-state index is 12.5. The van der Waals surface area contributed by atoms with Gasteiger partial charge in [0.05, 0.1) is 4.90 Å². The topological polar surface area (TPSA) is 61.4 Å². The van der Waals surface area contributed by atoms with Crippen molar-refractivity contribution in [3.05, 3.63) is 78.4 Å². The van der Waals surface area contributed by atoms with Gasteiger partial charge in [-0.3, -0.25) is 4.72 Å². The van der Waals surface area contributed by atoms with E-state index in [0.29, 0.717) is 5.69 Å². The van der Waals surface area contributed by atoms with Crippen LogP contribution < -0.4 is 14.9 Å². The second kappa shape index (κ2) is 8.35. The molecule has 3 aromatic carbocycles. The summed E-state index contributed by atoms with van der Waals surface area (Å²) in [6.45, 7) is 2.04. The molecule has 0 aliphatic carbocycles. The van der Waals surface area contributed by atoms with Gasteiger partial charge < -0.3 is 10.2 Å². The molecule has 0 aliphatic rings. The lowest BCUT2D eigenvalue weighted by Gasteiger charge is -2.14. The fourth-order valence-electron chi connectivity index (χ4n) is 2.75. The molecule has 3 rings (SSSR count). The molecule has 2 N–H and O–H groups in total. The second-order valence-corrected chi connectivity index (χ2v) is 8.43. The first-order valence-electron chi connectivity index (χ1n) is 9.13. The quantitative estimate of drug-likeness (QED) is 0.600. The normalized spacial score (nSPS) is 11.1. The van der Waals surface area contributed by atoms with Crippen molar-refractivity contribution >= 4 is 32.8 Å². The van der Waals surface area contributed by atoms with E-state index in [1.807, 2.05) is 74.4 Å². The molecule has 0 unspecified atom stereocenters. The summed E-state index contributed by atoms with van der Waals surface area (Å²) in [6.07, 6.45) is 0.875. The monoisotopic (exact) mass is 395 g/mol. The minimum absolute atomic E-state index is 0.257. The second-order valence-electron chi connectivity index (χ2n) is 6.75. The van der Waals surface area contributed by atoms with Crippen molar-refractivity contribution in [2.45, 2.75) is 18.2 Å². The molecule has 0 amide bonds. The van der Waals surface area contributed by atoms with Crippen LogP contribution >= 0.6 is 0 Å². The van der Waals surface area contributed by atoms with Crippen LogP contribution in [0.2, 0.25) is 0 Å². The summed E-state index contributed by atoms with van der Waals surface area (Å²) >= 11 is 0. The molecule has 0 heterocycles. The Kier molecular flexibility index (Phi) is 5.90. The smallest absolute Gasteiger partial charge is 0.261 e. The molecule has 0 saturated carbocycles. The number of rotatable bonds is 7. The van der Waals surface area contributed by atoms with Crippen molar-refractivity contribution in [1.82, 2.24) is 0 Å². The van der Waals surface area contributed by atoms with E-state index in [1.54, 1.807) is 24.3 Å². The molecule has 0 fully saturated rings. The molecule has 28 heavy (non-hydrogen) atoms. The Bertz CT molecular complexity index is 1010. The minimum atomic E-state index is -3.60. The number of benzene rings is 3. The lowest BCUT2D eigenvalue weighted by Crippen LogP contribution is -2.12. The Hall–Kier alpha value is -2.99. The van der Waals surface area contributed by atoms with Gasteiger partial charge in [0.1, 0.15) is 0 Å². The maximum atomic E-state index is 12.5. The van der Waals surface area contributed by atoms with Crippen LogP contribution in [0.15, 0.2) is 77.7 Å². The highest BCUT2D eigenvalue weighted by molar-refractivity contribution is 7.92. The van der Waals surface area contributed by atoms with Gasteiger partial charge in [0.25, 0.3) is 10.0 Å². The third-order valence-corrected chi connectivity index (χ3v) is 5.85. The van der Waals surface area contributed by atoms with Gasteiger partial charge in [-0.15, -0.1) is 0 Å². The summed E-state index contributed by atoms with van der Waals surface area (Å²) in [6, 6.07) is 22.2. The minimum Gasteiger partial charge on any atom is -0.378 e. The zero-order valence-electron chi connectivity index (χ0n) is 16.3. The number of hydrogen-bond acceptors (Lipinski definition) is 4. The fraction of sp³-hybridized carbons (Fsp3) is 0.182. The van der Waals surface area contributed by atoms with Gasteiger partial charge in [-0.1, -0.05) is 19.1 Å². The number of sulfonamides is 1. The Balaban J connectivity index is 1.68. The Morgan fingerprint density at radius 3 is 1.75 bits per heavy atom. The molecule has 5 nitrogen and oxygen atoms in total. The third-order valence-electron chi connectivity index (χ3n) is 4.45. The van der Waals surface area contributed by atoms with Crippen LogP contribution in [0.3, 0.4) is 0 Å². The summed E-state index contributed by atoms with van der Waals surface area (Å²) in [4.78, 5) is 2.30. The van der Waals surface area contributed by atoms with Gasteiger partial charge >= 0.3 is 0 Å². The number of nitrogens with one attached hydrogen (secondary N) is 2. The molecule has 146 valence electrons. The molecule has 0 atom stereocenters. The molecule has 0 spiro atoms. The predicted molar refractivity (Wildman–Crippen MR) is 117 cm³/mol. The van der Waals surface area contributed by atoms with E-state index in [1.165, 1.54) is 0 Å². The van der Waals surface area contributed by atoms with E-state index in [9.17, 15) is 8.42 Å². The molecule has 0 saturated heterocycles. The Labute approximate surface area is 167 Å². The summed E-state index contributed by atoms with van der Waals surface area (Å²) in [5.41, 5.74) is 4.60. The summed E-state index contributed by atoms with van der Waals surface area (Å²) < 4.78 is 27.7. The highest BCUT2D eigenvalue weighted by atomic mass is 32.2. The average Bonchev–Trinajstić information content (AvgIpc) is 2.70. The van der Waals surface area contributed by atoms with E-state index < -0.39 is 10.0 Å². The highest BCUT2D eigenvalue weighted by Gasteiger charge is 2.13. The molecule has 0 aliphatic heterocycles. The average molecular weight is 396 g/mol. The van der Waals surface area contributed by atoms with Crippen molar-refractivity contribution in [3.8, 4) is 0 Å². The molecule has 6 heteroatoms. The highest BCUT2D eigenvalue weighted by Crippen LogP contribution is 2.23. The van der Waals surface area contributed by atoms with E-state index in [-0.39, 0.29) is 4.90 Å². The van der Waals surface area contributed by atoms with Gasteiger partial charge in [-0.05, 0) is 72.6 Å². The third kappa shape index (κ3) is 4.84. The van der Waals surface area contributed by atoms with Gasteiger partial charge in [-0.25, -0.2) is 8.42 Å². The van der Waals surface area contributed by atoms with E-state index in [2.05, 4.69) is 10.0 Å². The van der Waals surface area contributed by atoms with Gasteiger partial charge in [0, 0.05) is 36.8 Å². The molecular formula is C22H25N3O2S. The maximum Gasteiger partial charge on any atom is 0.261 e. The first-order chi connectivity index (χ1) is 13.4. The zero-order chi connectivity index (χ0) is 20.1. The van der Waals surface area contributed by atoms with Crippen LogP contribution in [-0.4, -0.2) is 22.5 Å². The molecule has 0 bridgehead atoms.